The summed E-state index contributed by atoms with van der Waals surface area (Å²) in [6.07, 6.45) is 0. The third-order valence-corrected chi connectivity index (χ3v) is 1.84. The normalized spacial score (nSPS) is 11.3. The van der Waals surface area contributed by atoms with E-state index in [0.717, 1.165) is 0 Å². The molecule has 0 spiro atoms. The van der Waals surface area contributed by atoms with Crippen molar-refractivity contribution in [2.24, 2.45) is 0 Å². The molecule has 0 aromatic carbocycles. The molecule has 0 bridgehead atoms. The van der Waals surface area contributed by atoms with E-state index in [4.69, 9.17) is 5.11 Å². The number of rotatable bonds is 5. The summed E-state index contributed by atoms with van der Waals surface area (Å²) < 4.78 is 25.5. The lowest BCUT2D eigenvalue weighted by atomic mass is 10.3. The second-order valence-electron chi connectivity index (χ2n) is 3.34. The van der Waals surface area contributed by atoms with Crippen LogP contribution in [0, 0.1) is 6.92 Å². The fourth-order valence-corrected chi connectivity index (χ4v) is 1.05. The van der Waals surface area contributed by atoms with Gasteiger partial charge in [0.15, 0.2) is 0 Å². The Morgan fingerprint density at radius 1 is 1.44 bits per heavy atom. The van der Waals surface area contributed by atoms with Crippen molar-refractivity contribution in [3.05, 3.63) is 11.8 Å². The van der Waals surface area contributed by atoms with Gasteiger partial charge in [-0.25, -0.2) is 13.8 Å². The second-order valence-corrected chi connectivity index (χ2v) is 3.34. The topological polar surface area (TPSA) is 70.1 Å². The van der Waals surface area contributed by atoms with Crippen molar-refractivity contribution in [2.45, 2.75) is 12.8 Å². The van der Waals surface area contributed by atoms with E-state index < -0.39 is 19.1 Å². The lowest BCUT2D eigenvalue weighted by Crippen LogP contribution is -2.31. The molecule has 5 nitrogen and oxygen atoms in total. The standard InChI is InChI=1S/C9H14F2N4O/c1-6-3-7(15-8(12-2)14-6)13-4-9(10,11)5-16/h3,16H,4-5H2,1-2H3,(H2,12,13,14,15). The number of alkyl halides is 2. The largest absolute Gasteiger partial charge is 0.390 e. The van der Waals surface area contributed by atoms with Crippen molar-refractivity contribution in [3.63, 3.8) is 0 Å². The first kappa shape index (κ1) is 12.6. The maximum absolute atomic E-state index is 12.7. The summed E-state index contributed by atoms with van der Waals surface area (Å²) in [5, 5.41) is 13.6. The fraction of sp³-hybridized carbons (Fsp3) is 0.556. The zero-order valence-corrected chi connectivity index (χ0v) is 9.09. The number of aliphatic hydroxyl groups is 1. The van der Waals surface area contributed by atoms with Gasteiger partial charge in [0.05, 0.1) is 6.54 Å². The van der Waals surface area contributed by atoms with E-state index in [0.29, 0.717) is 17.5 Å². The lowest BCUT2D eigenvalue weighted by molar-refractivity contribution is -0.0373. The summed E-state index contributed by atoms with van der Waals surface area (Å²) >= 11 is 0. The van der Waals surface area contributed by atoms with Gasteiger partial charge in [0.1, 0.15) is 12.4 Å². The molecule has 0 amide bonds. The molecule has 16 heavy (non-hydrogen) atoms. The molecule has 0 aliphatic carbocycles. The number of nitrogens with one attached hydrogen (secondary N) is 2. The molecule has 1 aromatic heterocycles. The van der Waals surface area contributed by atoms with Crippen molar-refractivity contribution in [2.75, 3.05) is 30.8 Å². The van der Waals surface area contributed by atoms with E-state index in [1.165, 1.54) is 0 Å². The van der Waals surface area contributed by atoms with E-state index in [1.54, 1.807) is 20.0 Å². The molecule has 0 saturated carbocycles. The van der Waals surface area contributed by atoms with Crippen molar-refractivity contribution in [3.8, 4) is 0 Å². The van der Waals surface area contributed by atoms with Crippen LogP contribution in [0.5, 0.6) is 0 Å². The van der Waals surface area contributed by atoms with E-state index in [1.807, 2.05) is 0 Å². The second kappa shape index (κ2) is 5.02. The smallest absolute Gasteiger partial charge is 0.287 e. The molecular formula is C9H14F2N4O. The van der Waals surface area contributed by atoms with Gasteiger partial charge < -0.3 is 15.7 Å². The van der Waals surface area contributed by atoms with Crippen LogP contribution in [0.25, 0.3) is 0 Å². The molecule has 1 aromatic rings. The predicted molar refractivity (Wildman–Crippen MR) is 56.8 cm³/mol. The first-order valence-corrected chi connectivity index (χ1v) is 4.73. The molecule has 0 aliphatic rings. The number of anilines is 2. The van der Waals surface area contributed by atoms with Crippen molar-refractivity contribution in [1.82, 2.24) is 9.97 Å². The number of hydrogen-bond donors (Lipinski definition) is 3. The summed E-state index contributed by atoms with van der Waals surface area (Å²) in [7, 11) is 1.64. The molecule has 0 atom stereocenters. The Bertz CT molecular complexity index is 359. The summed E-state index contributed by atoms with van der Waals surface area (Å²) in [6.45, 7) is -0.121. The SMILES string of the molecule is CNc1nc(C)cc(NCC(F)(F)CO)n1. The van der Waals surface area contributed by atoms with Crippen LogP contribution in [0.4, 0.5) is 20.5 Å². The minimum atomic E-state index is -3.15. The van der Waals surface area contributed by atoms with Crippen LogP contribution in [0.1, 0.15) is 5.69 Å². The summed E-state index contributed by atoms with van der Waals surface area (Å²) in [5.41, 5.74) is 0.661. The average Bonchev–Trinajstić information content (AvgIpc) is 2.26. The Kier molecular flexibility index (Phi) is 3.94. The molecule has 3 N–H and O–H groups in total. The first-order valence-electron chi connectivity index (χ1n) is 4.73. The molecule has 1 heterocycles. The predicted octanol–water partition coefficient (Wildman–Crippen LogP) is 0.866. The highest BCUT2D eigenvalue weighted by Gasteiger charge is 2.27. The molecule has 90 valence electrons. The number of hydrogen-bond acceptors (Lipinski definition) is 5. The highest BCUT2D eigenvalue weighted by atomic mass is 19.3. The molecule has 0 radical (unpaired) electrons. The maximum atomic E-state index is 12.7. The van der Waals surface area contributed by atoms with Gasteiger partial charge in [0.2, 0.25) is 5.95 Å². The summed E-state index contributed by atoms with van der Waals surface area (Å²) in [6, 6.07) is 1.55. The van der Waals surface area contributed by atoms with Crippen molar-refractivity contribution < 1.29 is 13.9 Å². The number of nitrogens with zero attached hydrogens (tertiary/aromatic N) is 2. The molecule has 0 unspecified atom stereocenters. The van der Waals surface area contributed by atoms with Gasteiger partial charge in [-0.15, -0.1) is 0 Å². The third kappa shape index (κ3) is 3.58. The van der Waals surface area contributed by atoms with E-state index in [-0.39, 0.29) is 0 Å². The fourth-order valence-electron chi connectivity index (χ4n) is 1.05. The number of halogens is 2. The van der Waals surface area contributed by atoms with Crippen LogP contribution in [0.2, 0.25) is 0 Å². The Morgan fingerprint density at radius 2 is 2.12 bits per heavy atom. The quantitative estimate of drug-likeness (QED) is 0.702. The summed E-state index contributed by atoms with van der Waals surface area (Å²) in [5.74, 6) is -2.50. The first-order chi connectivity index (χ1) is 7.46. The van der Waals surface area contributed by atoms with Gasteiger partial charge in [-0.3, -0.25) is 0 Å². The van der Waals surface area contributed by atoms with Gasteiger partial charge in [-0.2, -0.15) is 4.98 Å². The zero-order valence-electron chi connectivity index (χ0n) is 9.09. The third-order valence-electron chi connectivity index (χ3n) is 1.84. The van der Waals surface area contributed by atoms with Crippen LogP contribution in [0.3, 0.4) is 0 Å². The van der Waals surface area contributed by atoms with Gasteiger partial charge in [-0.1, -0.05) is 0 Å². The van der Waals surface area contributed by atoms with E-state index in [2.05, 4.69) is 20.6 Å². The molecule has 7 heteroatoms. The van der Waals surface area contributed by atoms with Crippen LogP contribution >= 0.6 is 0 Å². The Hall–Kier alpha value is -1.50. The Morgan fingerprint density at radius 3 is 2.69 bits per heavy atom. The molecule has 0 fully saturated rings. The number of aryl methyl sites for hydroxylation is 1. The Balaban J connectivity index is 2.70. The van der Waals surface area contributed by atoms with Gasteiger partial charge in [0.25, 0.3) is 5.92 Å². The van der Waals surface area contributed by atoms with Crippen LogP contribution < -0.4 is 10.6 Å². The van der Waals surface area contributed by atoms with Crippen LogP contribution in [0.15, 0.2) is 6.07 Å². The van der Waals surface area contributed by atoms with Crippen molar-refractivity contribution in [1.29, 1.82) is 0 Å². The minimum Gasteiger partial charge on any atom is -0.390 e. The molecule has 0 saturated heterocycles. The summed E-state index contributed by atoms with van der Waals surface area (Å²) in [4.78, 5) is 7.96. The van der Waals surface area contributed by atoms with Gasteiger partial charge in [0, 0.05) is 18.8 Å². The van der Waals surface area contributed by atoms with Crippen LogP contribution in [-0.4, -0.2) is 41.2 Å². The number of aromatic nitrogens is 2. The van der Waals surface area contributed by atoms with E-state index in [9.17, 15) is 8.78 Å². The Labute approximate surface area is 91.9 Å². The highest BCUT2D eigenvalue weighted by Crippen LogP contribution is 2.14. The van der Waals surface area contributed by atoms with Crippen molar-refractivity contribution >= 4 is 11.8 Å². The minimum absolute atomic E-state index is 0.296. The zero-order chi connectivity index (χ0) is 12.2. The van der Waals surface area contributed by atoms with E-state index >= 15 is 0 Å². The van der Waals surface area contributed by atoms with Gasteiger partial charge >= 0.3 is 0 Å². The number of aliphatic hydroxyl groups excluding tert-OH is 1. The van der Waals surface area contributed by atoms with Gasteiger partial charge in [-0.05, 0) is 6.92 Å². The molecule has 0 aliphatic heterocycles. The lowest BCUT2D eigenvalue weighted by Gasteiger charge is -2.14. The average molecular weight is 232 g/mol. The highest BCUT2D eigenvalue weighted by molar-refractivity contribution is 5.41. The maximum Gasteiger partial charge on any atom is 0.287 e. The van der Waals surface area contributed by atoms with Crippen LogP contribution in [-0.2, 0) is 0 Å². The molecular weight excluding hydrogens is 218 g/mol. The molecule has 1 rings (SSSR count). The monoisotopic (exact) mass is 232 g/mol.